The first-order valence-electron chi connectivity index (χ1n) is 8.88. The number of hydrogen-bond acceptors (Lipinski definition) is 6. The van der Waals surface area contributed by atoms with Gasteiger partial charge in [-0.3, -0.25) is 24.2 Å². The largest absolute Gasteiger partial charge is 0.480 e. The number of pyridine rings is 1. The van der Waals surface area contributed by atoms with Crippen LogP contribution in [0.2, 0.25) is 0 Å². The number of amidine groups is 1. The number of anilines is 1. The Morgan fingerprint density at radius 1 is 1.10 bits per heavy atom. The topological polar surface area (TPSA) is 103 Å². The zero-order valence-electron chi connectivity index (χ0n) is 15.4. The molecule has 0 radical (unpaired) electrons. The molecular weight excluding hydrogens is 392 g/mol. The Labute approximate surface area is 170 Å². The molecule has 2 aliphatic heterocycles. The molecule has 1 N–H and O–H groups in total. The normalized spacial score (nSPS) is 20.0. The van der Waals surface area contributed by atoms with Crippen LogP contribution in [0.1, 0.15) is 12.5 Å². The number of amides is 2. The number of carboxylic acid groups (broad SMARTS) is 1. The highest BCUT2D eigenvalue weighted by Gasteiger charge is 2.42. The van der Waals surface area contributed by atoms with E-state index in [0.29, 0.717) is 28.8 Å². The smallest absolute Gasteiger partial charge is 0.323 e. The summed E-state index contributed by atoms with van der Waals surface area (Å²) in [7, 11) is 0. The second kappa shape index (κ2) is 7.51. The van der Waals surface area contributed by atoms with E-state index in [1.807, 2.05) is 6.92 Å². The van der Waals surface area contributed by atoms with Crippen molar-refractivity contribution in [3.8, 4) is 0 Å². The van der Waals surface area contributed by atoms with Gasteiger partial charge in [0.15, 0.2) is 11.0 Å². The van der Waals surface area contributed by atoms with Crippen molar-refractivity contribution in [2.24, 2.45) is 4.99 Å². The minimum atomic E-state index is -1.13. The van der Waals surface area contributed by atoms with Gasteiger partial charge in [-0.05, 0) is 36.9 Å². The van der Waals surface area contributed by atoms with Crippen LogP contribution in [0.25, 0.3) is 5.57 Å². The van der Waals surface area contributed by atoms with Crippen molar-refractivity contribution in [2.75, 3.05) is 18.0 Å². The number of carboxylic acids is 1. The van der Waals surface area contributed by atoms with Crippen LogP contribution >= 0.6 is 11.8 Å². The van der Waals surface area contributed by atoms with Crippen LogP contribution in [0.3, 0.4) is 0 Å². The van der Waals surface area contributed by atoms with E-state index in [0.717, 1.165) is 11.8 Å². The molecule has 2 aliphatic rings. The zero-order chi connectivity index (χ0) is 20.5. The van der Waals surface area contributed by atoms with Crippen LogP contribution in [-0.2, 0) is 14.4 Å². The third kappa shape index (κ3) is 3.29. The number of thioether (sulfide) groups is 1. The molecule has 1 aromatic carbocycles. The molecule has 2 amide bonds. The first kappa shape index (κ1) is 18.9. The highest BCUT2D eigenvalue weighted by atomic mass is 32.2. The SMILES string of the molecule is CCN1C(=O)/C(=C2/C(=O)N(CC(=O)O)c3ccccc32)S/C1=N/c1ccccn1. The molecule has 0 aliphatic carbocycles. The molecule has 3 heterocycles. The van der Waals surface area contributed by atoms with Crippen LogP contribution in [0.4, 0.5) is 11.5 Å². The number of likely N-dealkylation sites (N-methyl/N-ethyl adjacent to an activating group) is 1. The molecule has 2 aromatic rings. The first-order valence-corrected chi connectivity index (χ1v) is 9.69. The molecule has 0 saturated carbocycles. The third-order valence-corrected chi connectivity index (χ3v) is 5.56. The average molecular weight is 408 g/mol. The number of carbonyl (C=O) groups is 3. The third-order valence-electron chi connectivity index (χ3n) is 4.48. The number of fused-ring (bicyclic) bond motifs is 1. The zero-order valence-corrected chi connectivity index (χ0v) is 16.2. The number of aliphatic carboxylic acids is 1. The van der Waals surface area contributed by atoms with Gasteiger partial charge in [-0.1, -0.05) is 24.3 Å². The number of nitrogens with zero attached hydrogens (tertiary/aromatic N) is 4. The summed E-state index contributed by atoms with van der Waals surface area (Å²) in [6, 6.07) is 12.2. The van der Waals surface area contributed by atoms with Crippen molar-refractivity contribution in [3.05, 3.63) is 59.1 Å². The Kier molecular flexibility index (Phi) is 4.89. The van der Waals surface area contributed by atoms with Crippen LogP contribution in [0.15, 0.2) is 58.6 Å². The number of benzene rings is 1. The number of carbonyl (C=O) groups excluding carboxylic acids is 2. The molecule has 0 bridgehead atoms. The lowest BCUT2D eigenvalue weighted by molar-refractivity contribution is -0.136. The van der Waals surface area contributed by atoms with Crippen molar-refractivity contribution in [1.82, 2.24) is 9.88 Å². The first-order chi connectivity index (χ1) is 14.0. The van der Waals surface area contributed by atoms with Gasteiger partial charge in [0.2, 0.25) is 0 Å². The highest BCUT2D eigenvalue weighted by molar-refractivity contribution is 8.18. The van der Waals surface area contributed by atoms with Gasteiger partial charge >= 0.3 is 5.97 Å². The summed E-state index contributed by atoms with van der Waals surface area (Å²) >= 11 is 1.10. The maximum atomic E-state index is 13.1. The Balaban J connectivity index is 1.82. The standard InChI is InChI=1S/C20H16N4O4S/c1-2-23-19(28)17(29-20(23)22-14-9-5-6-10-21-14)16-12-7-3-4-8-13(12)24(18(16)27)11-15(25)26/h3-10H,2,11H2,1H3,(H,25,26)/b17-16-,22-20+. The van der Waals surface area contributed by atoms with E-state index >= 15 is 0 Å². The number of rotatable bonds is 4. The summed E-state index contributed by atoms with van der Waals surface area (Å²) in [5.41, 5.74) is 1.24. The summed E-state index contributed by atoms with van der Waals surface area (Å²) in [5.74, 6) is -1.50. The van der Waals surface area contributed by atoms with Gasteiger partial charge in [-0.25, -0.2) is 9.98 Å². The van der Waals surface area contributed by atoms with Gasteiger partial charge in [0.25, 0.3) is 11.8 Å². The fourth-order valence-electron chi connectivity index (χ4n) is 3.23. The molecule has 0 atom stereocenters. The number of aromatic nitrogens is 1. The van der Waals surface area contributed by atoms with E-state index < -0.39 is 18.4 Å². The summed E-state index contributed by atoms with van der Waals surface area (Å²) in [5, 5.41) is 9.62. The van der Waals surface area contributed by atoms with Crippen LogP contribution in [0, 0.1) is 0 Å². The lowest BCUT2D eigenvalue weighted by Crippen LogP contribution is -2.33. The van der Waals surface area contributed by atoms with E-state index in [1.165, 1.54) is 9.80 Å². The lowest BCUT2D eigenvalue weighted by Gasteiger charge is -2.13. The minimum Gasteiger partial charge on any atom is -0.480 e. The quantitative estimate of drug-likeness (QED) is 0.780. The molecule has 1 saturated heterocycles. The van der Waals surface area contributed by atoms with Crippen molar-refractivity contribution in [3.63, 3.8) is 0 Å². The van der Waals surface area contributed by atoms with Crippen molar-refractivity contribution in [2.45, 2.75) is 6.92 Å². The number of aliphatic imine (C=N–C) groups is 1. The number of para-hydroxylation sites is 1. The highest BCUT2D eigenvalue weighted by Crippen LogP contribution is 2.44. The lowest BCUT2D eigenvalue weighted by atomic mass is 10.1. The molecule has 0 unspecified atom stereocenters. The van der Waals surface area contributed by atoms with Gasteiger partial charge < -0.3 is 5.11 Å². The predicted molar refractivity (Wildman–Crippen MR) is 110 cm³/mol. The monoisotopic (exact) mass is 408 g/mol. The Bertz CT molecular complexity index is 1080. The fraction of sp³-hybridized carbons (Fsp3) is 0.150. The van der Waals surface area contributed by atoms with Gasteiger partial charge in [-0.15, -0.1) is 0 Å². The molecule has 146 valence electrons. The van der Waals surface area contributed by atoms with Gasteiger partial charge in [0.05, 0.1) is 16.2 Å². The predicted octanol–water partition coefficient (Wildman–Crippen LogP) is 2.51. The minimum absolute atomic E-state index is 0.210. The average Bonchev–Trinajstić information content (AvgIpc) is 3.16. The molecule has 0 spiro atoms. The van der Waals surface area contributed by atoms with E-state index in [4.69, 9.17) is 0 Å². The maximum absolute atomic E-state index is 13.1. The van der Waals surface area contributed by atoms with Gasteiger partial charge in [0, 0.05) is 18.3 Å². The van der Waals surface area contributed by atoms with E-state index in [9.17, 15) is 19.5 Å². The van der Waals surface area contributed by atoms with Crippen LogP contribution in [-0.4, -0.2) is 51.0 Å². The Morgan fingerprint density at radius 3 is 2.55 bits per heavy atom. The van der Waals surface area contributed by atoms with Gasteiger partial charge in [-0.2, -0.15) is 0 Å². The summed E-state index contributed by atoms with van der Waals surface area (Å²) in [6.45, 7) is 1.72. The molecular formula is C20H16N4O4S. The van der Waals surface area contributed by atoms with E-state index in [2.05, 4.69) is 9.98 Å². The van der Waals surface area contributed by atoms with Crippen molar-refractivity contribution in [1.29, 1.82) is 0 Å². The summed E-state index contributed by atoms with van der Waals surface area (Å²) in [4.78, 5) is 48.9. The van der Waals surface area contributed by atoms with Gasteiger partial charge in [0.1, 0.15) is 6.54 Å². The van der Waals surface area contributed by atoms with Crippen LogP contribution < -0.4 is 4.90 Å². The maximum Gasteiger partial charge on any atom is 0.323 e. The van der Waals surface area contributed by atoms with E-state index in [1.54, 1.807) is 48.7 Å². The van der Waals surface area contributed by atoms with Crippen molar-refractivity contribution < 1.29 is 19.5 Å². The molecule has 1 aromatic heterocycles. The molecule has 29 heavy (non-hydrogen) atoms. The second-order valence-electron chi connectivity index (χ2n) is 6.24. The van der Waals surface area contributed by atoms with Crippen LogP contribution in [0.5, 0.6) is 0 Å². The molecule has 1 fully saturated rings. The van der Waals surface area contributed by atoms with Crippen molar-refractivity contribution >= 4 is 51.8 Å². The molecule has 4 rings (SSSR count). The molecule has 8 nitrogen and oxygen atoms in total. The Morgan fingerprint density at radius 2 is 1.86 bits per heavy atom. The Hall–Kier alpha value is -3.46. The second-order valence-corrected chi connectivity index (χ2v) is 7.22. The summed E-state index contributed by atoms with van der Waals surface area (Å²) in [6.07, 6.45) is 1.61. The summed E-state index contributed by atoms with van der Waals surface area (Å²) < 4.78 is 0. The van der Waals surface area contributed by atoms with E-state index in [-0.39, 0.29) is 16.4 Å². The molecule has 9 heteroatoms. The number of hydrogen-bond donors (Lipinski definition) is 1. The fourth-order valence-corrected chi connectivity index (χ4v) is 4.37.